The van der Waals surface area contributed by atoms with Crippen LogP contribution < -0.4 is 15.4 Å². The summed E-state index contributed by atoms with van der Waals surface area (Å²) in [6.45, 7) is 4.96. The maximum absolute atomic E-state index is 13.5. The average Bonchev–Trinajstić information content (AvgIpc) is 3.49. The molecule has 310 valence electrons. The second kappa shape index (κ2) is 17.2. The van der Waals surface area contributed by atoms with Gasteiger partial charge in [0.1, 0.15) is 5.75 Å². The molecule has 0 unspecified atom stereocenters. The lowest BCUT2D eigenvalue weighted by Crippen LogP contribution is -2.15. The van der Waals surface area contributed by atoms with Crippen LogP contribution in [0.4, 0.5) is 49.1 Å². The lowest BCUT2D eigenvalue weighted by molar-refractivity contribution is -0.139. The summed E-state index contributed by atoms with van der Waals surface area (Å²) in [5.41, 5.74) is 5.96. The minimum absolute atomic E-state index is 0.00157. The fourth-order valence-corrected chi connectivity index (χ4v) is 6.87. The smallest absolute Gasteiger partial charge is 0.420 e. The van der Waals surface area contributed by atoms with Crippen LogP contribution >= 0.6 is 0 Å². The van der Waals surface area contributed by atoms with Crippen LogP contribution in [0.3, 0.4) is 0 Å². The average molecular weight is 835 g/mol. The maximum Gasteiger partial charge on any atom is 0.420 e. The lowest BCUT2D eigenvalue weighted by atomic mass is 10.00. The molecule has 2 aromatic heterocycles. The SMILES string of the molecule is CCOc1cc2c(cc1C(F)(F)F)NC(=O)CC(c1cccc(-c3ccnc(C)c3)c1)=N2.Cc1cc2c(cc1C(F)(F)F)NC(=O)CC(c1cccc(-c3ccncc3)c1)=N2. The fraction of sp³-hybridized carbons (Fsp3) is 0.174. The van der Waals surface area contributed by atoms with Gasteiger partial charge in [-0.05, 0) is 114 Å². The van der Waals surface area contributed by atoms with E-state index in [0.29, 0.717) is 22.7 Å². The molecule has 0 bridgehead atoms. The van der Waals surface area contributed by atoms with Crippen molar-refractivity contribution in [3.05, 3.63) is 149 Å². The molecule has 0 aliphatic carbocycles. The molecule has 4 aromatic carbocycles. The number of aryl methyl sites for hydroxylation is 2. The number of alkyl halides is 6. The summed E-state index contributed by atoms with van der Waals surface area (Å²) in [6, 6.07) is 27.0. The first-order valence-corrected chi connectivity index (χ1v) is 18.9. The van der Waals surface area contributed by atoms with Crippen molar-refractivity contribution < 1.29 is 40.7 Å². The molecular weight excluding hydrogens is 799 g/mol. The van der Waals surface area contributed by atoms with Gasteiger partial charge in [-0.2, -0.15) is 26.3 Å². The van der Waals surface area contributed by atoms with Crippen molar-refractivity contribution in [2.45, 2.75) is 46.0 Å². The lowest BCUT2D eigenvalue weighted by Gasteiger charge is -2.16. The Morgan fingerprint density at radius 2 is 1.08 bits per heavy atom. The standard InChI is InChI=1S/C24H20F3N3O2.C22H16F3N3O/c1-3-32-22-12-21-20(11-18(22)24(25,26)27)30-23(31)13-19(29-21)17-6-4-5-15(10-17)16-7-8-28-14(2)9-16;1-13-9-19-20(11-17(13)22(23,24)25)28-21(29)12-18(27-19)16-4-2-3-15(10-16)14-5-7-26-8-6-14/h4-12H,3,13H2,1-2H3,(H,30,31);2-11H,12H2,1H3,(H,28,29). The molecule has 4 heterocycles. The molecule has 8 rings (SSSR count). The third-order valence-corrected chi connectivity index (χ3v) is 9.70. The molecule has 2 N–H and O–H groups in total. The van der Waals surface area contributed by atoms with Crippen molar-refractivity contribution in [1.82, 2.24) is 9.97 Å². The minimum atomic E-state index is -4.62. The van der Waals surface area contributed by atoms with E-state index in [1.54, 1.807) is 25.5 Å². The number of fused-ring (bicyclic) bond motifs is 2. The maximum atomic E-state index is 13.5. The molecule has 0 radical (unpaired) electrons. The van der Waals surface area contributed by atoms with E-state index in [1.807, 2.05) is 79.7 Å². The Kier molecular flexibility index (Phi) is 11.8. The Morgan fingerprint density at radius 3 is 1.62 bits per heavy atom. The number of aliphatic imine (C=N–C) groups is 2. The van der Waals surface area contributed by atoms with E-state index in [0.717, 1.165) is 45.6 Å². The van der Waals surface area contributed by atoms with Gasteiger partial charge in [-0.15, -0.1) is 0 Å². The van der Waals surface area contributed by atoms with Crippen LogP contribution in [0.15, 0.2) is 126 Å². The molecule has 0 saturated carbocycles. The largest absolute Gasteiger partial charge is 0.493 e. The Bertz CT molecular complexity index is 2710. The monoisotopic (exact) mass is 834 g/mol. The molecule has 15 heteroatoms. The summed E-state index contributed by atoms with van der Waals surface area (Å²) >= 11 is 0. The molecule has 0 spiro atoms. The number of ether oxygens (including phenoxy) is 1. The molecule has 2 aliphatic rings. The summed E-state index contributed by atoms with van der Waals surface area (Å²) in [4.78, 5) is 42.1. The predicted molar refractivity (Wildman–Crippen MR) is 222 cm³/mol. The van der Waals surface area contributed by atoms with Crippen LogP contribution in [-0.2, 0) is 21.9 Å². The van der Waals surface area contributed by atoms with Crippen molar-refractivity contribution >= 4 is 46.0 Å². The summed E-state index contributed by atoms with van der Waals surface area (Å²) in [5.74, 6) is -1.17. The van der Waals surface area contributed by atoms with Crippen molar-refractivity contribution in [2.24, 2.45) is 9.98 Å². The predicted octanol–water partition coefficient (Wildman–Crippen LogP) is 11.5. The fourth-order valence-electron chi connectivity index (χ4n) is 6.87. The highest BCUT2D eigenvalue weighted by molar-refractivity contribution is 6.18. The zero-order chi connectivity index (χ0) is 43.5. The first-order chi connectivity index (χ1) is 29.0. The number of benzene rings is 4. The van der Waals surface area contributed by atoms with Crippen LogP contribution in [0, 0.1) is 13.8 Å². The van der Waals surface area contributed by atoms with Crippen LogP contribution in [0.1, 0.15) is 53.3 Å². The highest BCUT2D eigenvalue weighted by Crippen LogP contribution is 2.44. The van der Waals surface area contributed by atoms with E-state index < -0.39 is 35.3 Å². The molecular formula is C46H36F6N6O3. The molecule has 6 aromatic rings. The number of hydrogen-bond donors (Lipinski definition) is 2. The van der Waals surface area contributed by atoms with E-state index in [-0.39, 0.29) is 47.8 Å². The highest BCUT2D eigenvalue weighted by atomic mass is 19.4. The molecule has 0 saturated heterocycles. The van der Waals surface area contributed by atoms with Gasteiger partial charge in [0.15, 0.2) is 0 Å². The Hall–Kier alpha value is -7.16. The number of nitrogens with zero attached hydrogens (tertiary/aromatic N) is 4. The van der Waals surface area contributed by atoms with E-state index in [4.69, 9.17) is 4.74 Å². The number of aromatic nitrogens is 2. The van der Waals surface area contributed by atoms with Gasteiger partial charge in [-0.3, -0.25) is 24.5 Å². The molecule has 0 fully saturated rings. The third kappa shape index (κ3) is 9.84. The van der Waals surface area contributed by atoms with Crippen molar-refractivity contribution in [3.8, 4) is 28.0 Å². The highest BCUT2D eigenvalue weighted by Gasteiger charge is 2.37. The van der Waals surface area contributed by atoms with Crippen molar-refractivity contribution in [2.75, 3.05) is 17.2 Å². The number of amides is 2. The van der Waals surface area contributed by atoms with Gasteiger partial charge in [-0.1, -0.05) is 36.4 Å². The van der Waals surface area contributed by atoms with E-state index >= 15 is 0 Å². The summed E-state index contributed by atoms with van der Waals surface area (Å²) in [5, 5.41) is 5.09. The van der Waals surface area contributed by atoms with Crippen molar-refractivity contribution in [3.63, 3.8) is 0 Å². The molecule has 61 heavy (non-hydrogen) atoms. The molecule has 9 nitrogen and oxygen atoms in total. The summed E-state index contributed by atoms with van der Waals surface area (Å²) in [6.07, 6.45) is -4.13. The van der Waals surface area contributed by atoms with Gasteiger partial charge in [0, 0.05) is 30.4 Å². The Labute approximate surface area is 346 Å². The van der Waals surface area contributed by atoms with Gasteiger partial charge >= 0.3 is 12.4 Å². The van der Waals surface area contributed by atoms with Crippen LogP contribution in [0.25, 0.3) is 22.3 Å². The summed E-state index contributed by atoms with van der Waals surface area (Å²) in [7, 11) is 0. The van der Waals surface area contributed by atoms with Gasteiger partial charge in [-0.25, -0.2) is 4.99 Å². The Morgan fingerprint density at radius 1 is 0.590 bits per heavy atom. The first kappa shape index (κ1) is 42.0. The first-order valence-electron chi connectivity index (χ1n) is 18.9. The topological polar surface area (TPSA) is 118 Å². The zero-order valence-corrected chi connectivity index (χ0v) is 32.9. The molecule has 0 atom stereocenters. The van der Waals surface area contributed by atoms with Gasteiger partial charge in [0.2, 0.25) is 11.8 Å². The van der Waals surface area contributed by atoms with Crippen LogP contribution in [-0.4, -0.2) is 39.8 Å². The Balaban J connectivity index is 0.000000185. The van der Waals surface area contributed by atoms with E-state index in [2.05, 4.69) is 30.6 Å². The quantitative estimate of drug-likeness (QED) is 0.162. The summed E-state index contributed by atoms with van der Waals surface area (Å²) < 4.78 is 85.3. The van der Waals surface area contributed by atoms with E-state index in [1.165, 1.54) is 19.1 Å². The number of carbonyl (C=O) groups is 2. The molecule has 2 amide bonds. The normalized spacial score (nSPS) is 13.8. The number of hydrogen-bond acceptors (Lipinski definition) is 7. The van der Waals surface area contributed by atoms with E-state index in [9.17, 15) is 35.9 Å². The number of carbonyl (C=O) groups excluding carboxylic acids is 2. The number of halogens is 6. The molecule has 2 aliphatic heterocycles. The van der Waals surface area contributed by atoms with Gasteiger partial charge in [0.25, 0.3) is 0 Å². The third-order valence-electron chi connectivity index (χ3n) is 9.70. The number of rotatable bonds is 6. The second-order valence-corrected chi connectivity index (χ2v) is 14.1. The van der Waals surface area contributed by atoms with Gasteiger partial charge in [0.05, 0.1) is 64.7 Å². The van der Waals surface area contributed by atoms with Crippen LogP contribution in [0.5, 0.6) is 5.75 Å². The minimum Gasteiger partial charge on any atom is -0.493 e. The zero-order valence-electron chi connectivity index (χ0n) is 32.9. The van der Waals surface area contributed by atoms with Gasteiger partial charge < -0.3 is 15.4 Å². The van der Waals surface area contributed by atoms with Crippen molar-refractivity contribution in [1.29, 1.82) is 0 Å². The second-order valence-electron chi connectivity index (χ2n) is 14.1. The number of nitrogens with one attached hydrogen (secondary N) is 2. The van der Waals surface area contributed by atoms with Crippen LogP contribution in [0.2, 0.25) is 0 Å². The number of pyridine rings is 2. The number of anilines is 2.